The second kappa shape index (κ2) is 11.3. The zero-order valence-corrected chi connectivity index (χ0v) is 20.7. The number of hydrogen-bond acceptors (Lipinski definition) is 6. The van der Waals surface area contributed by atoms with Crippen molar-refractivity contribution in [2.45, 2.75) is 43.4 Å². The van der Waals surface area contributed by atoms with Gasteiger partial charge in [0.25, 0.3) is 0 Å². The van der Waals surface area contributed by atoms with Gasteiger partial charge in [-0.05, 0) is 61.6 Å². The van der Waals surface area contributed by atoms with Gasteiger partial charge in [0.1, 0.15) is 12.1 Å². The average Bonchev–Trinajstić information content (AvgIpc) is 3.49. The van der Waals surface area contributed by atoms with Gasteiger partial charge in [0.2, 0.25) is 5.91 Å². The summed E-state index contributed by atoms with van der Waals surface area (Å²) in [5, 5.41) is 9.47. The van der Waals surface area contributed by atoms with Gasteiger partial charge in [0, 0.05) is 30.7 Å². The van der Waals surface area contributed by atoms with Crippen LogP contribution in [-0.2, 0) is 4.79 Å². The summed E-state index contributed by atoms with van der Waals surface area (Å²) in [6.07, 6.45) is 4.38. The summed E-state index contributed by atoms with van der Waals surface area (Å²) in [5.74, 6) is 0.102. The number of carbonyl (C=O) groups excluding carboxylic acids is 1. The fourth-order valence-electron chi connectivity index (χ4n) is 3.89. The molecule has 2 atom stereocenters. The zero-order valence-electron chi connectivity index (χ0n) is 19.2. The number of hydrazine groups is 1. The van der Waals surface area contributed by atoms with Crippen LogP contribution in [0.2, 0.25) is 5.02 Å². The third-order valence-corrected chi connectivity index (χ3v) is 7.34. The molecule has 0 radical (unpaired) electrons. The second-order valence-electron chi connectivity index (χ2n) is 8.49. The number of aromatic nitrogens is 3. The van der Waals surface area contributed by atoms with Crippen LogP contribution in [0.25, 0.3) is 5.69 Å². The maximum absolute atomic E-state index is 13.1. The maximum atomic E-state index is 13.1. The molecule has 2 aromatic carbocycles. The molecule has 2 N–H and O–H groups in total. The average molecular weight is 503 g/mol. The Bertz CT molecular complexity index is 1120. The number of nitrogens with zero attached hydrogens (tertiary/aromatic N) is 4. The highest BCUT2D eigenvalue weighted by Gasteiger charge is 2.24. The minimum Gasteiger partial charge on any atom is -0.345 e. The first-order chi connectivity index (χ1) is 16.4. The molecule has 1 aromatic heterocycles. The molecule has 1 fully saturated rings. The number of nitrogens with one attached hydrogen (secondary N) is 2. The molecule has 1 aliphatic rings. The van der Waals surface area contributed by atoms with Crippen LogP contribution < -0.4 is 10.9 Å². The van der Waals surface area contributed by atoms with Gasteiger partial charge in [-0.3, -0.25) is 20.2 Å². The molecular weight excluding hydrogens is 475 g/mol. The van der Waals surface area contributed by atoms with Crippen LogP contribution in [0, 0.1) is 12.7 Å². The van der Waals surface area contributed by atoms with Crippen molar-refractivity contribution in [3.63, 3.8) is 0 Å². The summed E-state index contributed by atoms with van der Waals surface area (Å²) in [4.78, 5) is 14.4. The fraction of sp³-hybridized carbons (Fsp3) is 0.375. The molecule has 2 heterocycles. The number of benzene rings is 2. The Morgan fingerprint density at radius 3 is 2.82 bits per heavy atom. The highest BCUT2D eigenvalue weighted by molar-refractivity contribution is 7.99. The van der Waals surface area contributed by atoms with Gasteiger partial charge in [-0.1, -0.05) is 41.6 Å². The fourth-order valence-corrected chi connectivity index (χ4v) is 4.94. The number of thioether (sulfide) groups is 1. The number of amides is 1. The van der Waals surface area contributed by atoms with E-state index < -0.39 is 0 Å². The monoisotopic (exact) mass is 502 g/mol. The van der Waals surface area contributed by atoms with Gasteiger partial charge >= 0.3 is 0 Å². The van der Waals surface area contributed by atoms with E-state index in [1.54, 1.807) is 11.2 Å². The first kappa shape index (κ1) is 24.7. The van der Waals surface area contributed by atoms with Crippen LogP contribution in [-0.4, -0.2) is 51.0 Å². The Morgan fingerprint density at radius 1 is 1.26 bits per heavy atom. The molecule has 0 bridgehead atoms. The minimum atomic E-state index is -0.225. The van der Waals surface area contributed by atoms with E-state index in [0.29, 0.717) is 22.8 Å². The topological polar surface area (TPSA) is 75.1 Å². The lowest BCUT2D eigenvalue weighted by Crippen LogP contribution is -2.33. The van der Waals surface area contributed by atoms with Crippen molar-refractivity contribution >= 4 is 29.3 Å². The minimum absolute atomic E-state index is 0.0446. The molecule has 10 heteroatoms. The summed E-state index contributed by atoms with van der Waals surface area (Å²) in [7, 11) is 1.83. The van der Waals surface area contributed by atoms with Crippen molar-refractivity contribution in [3.8, 4) is 5.69 Å². The normalized spacial score (nSPS) is 17.8. The van der Waals surface area contributed by atoms with E-state index in [4.69, 9.17) is 11.6 Å². The summed E-state index contributed by atoms with van der Waals surface area (Å²) in [6, 6.07) is 12.9. The summed E-state index contributed by atoms with van der Waals surface area (Å²) < 4.78 is 15.0. The van der Waals surface area contributed by atoms with Crippen LogP contribution in [0.4, 0.5) is 4.39 Å². The van der Waals surface area contributed by atoms with Gasteiger partial charge < -0.3 is 4.90 Å². The molecular formula is C24H28ClFN6OS. The Hall–Kier alpha value is -2.46. The molecule has 1 aliphatic heterocycles. The Balaban J connectivity index is 1.21. The quantitative estimate of drug-likeness (QED) is 0.425. The van der Waals surface area contributed by atoms with Crippen molar-refractivity contribution in [2.24, 2.45) is 0 Å². The number of halogens is 2. The zero-order chi connectivity index (χ0) is 24.1. The van der Waals surface area contributed by atoms with Gasteiger partial charge in [-0.25, -0.2) is 4.39 Å². The lowest BCUT2D eigenvalue weighted by atomic mass is 10.00. The molecule has 180 valence electrons. The van der Waals surface area contributed by atoms with E-state index >= 15 is 0 Å². The van der Waals surface area contributed by atoms with E-state index in [1.165, 1.54) is 23.9 Å². The van der Waals surface area contributed by atoms with Gasteiger partial charge in [-0.2, -0.15) is 0 Å². The molecule has 4 rings (SSSR count). The lowest BCUT2D eigenvalue weighted by molar-refractivity contribution is -0.127. The van der Waals surface area contributed by atoms with E-state index in [1.807, 2.05) is 48.9 Å². The van der Waals surface area contributed by atoms with Crippen LogP contribution in [0.15, 0.2) is 53.9 Å². The molecule has 2 unspecified atom stereocenters. The lowest BCUT2D eigenvalue weighted by Gasteiger charge is -2.18. The molecule has 0 aliphatic carbocycles. The second-order valence-corrected chi connectivity index (χ2v) is 9.84. The molecule has 1 saturated heterocycles. The standard InChI is InChI=1S/C24H28ClFN6OS/c1-16-5-10-20(13-21(16)25)32-15-27-30-24(32)34-14-23(33)31(2)11-3-4-19-12-22(29-28-19)17-6-8-18(26)9-7-17/h5-10,13,15,19,22,28-29H,3-4,11-12,14H2,1-2H3. The van der Waals surface area contributed by atoms with E-state index in [9.17, 15) is 9.18 Å². The van der Waals surface area contributed by atoms with Crippen molar-refractivity contribution in [1.29, 1.82) is 0 Å². The number of hydrogen-bond donors (Lipinski definition) is 2. The predicted octanol–water partition coefficient (Wildman–Crippen LogP) is 4.31. The van der Waals surface area contributed by atoms with E-state index in [0.717, 1.165) is 36.1 Å². The first-order valence-electron chi connectivity index (χ1n) is 11.2. The van der Waals surface area contributed by atoms with Gasteiger partial charge in [0.05, 0.1) is 11.4 Å². The van der Waals surface area contributed by atoms with Crippen LogP contribution >= 0.6 is 23.4 Å². The van der Waals surface area contributed by atoms with Gasteiger partial charge in [-0.15, -0.1) is 10.2 Å². The molecule has 1 amide bonds. The summed E-state index contributed by atoms with van der Waals surface area (Å²) in [6.45, 7) is 2.63. The summed E-state index contributed by atoms with van der Waals surface area (Å²) in [5.41, 5.74) is 9.53. The molecule has 0 spiro atoms. The molecule has 7 nitrogen and oxygen atoms in total. The Labute approximate surface area is 208 Å². The van der Waals surface area contributed by atoms with Crippen molar-refractivity contribution in [1.82, 2.24) is 30.5 Å². The third kappa shape index (κ3) is 6.15. The largest absolute Gasteiger partial charge is 0.345 e. The first-order valence-corrected chi connectivity index (χ1v) is 12.6. The number of rotatable bonds is 9. The Kier molecular flexibility index (Phi) is 8.20. The SMILES string of the molecule is Cc1ccc(-n2cnnc2SCC(=O)N(C)CCCC2CC(c3ccc(F)cc3)NN2)cc1Cl. The summed E-state index contributed by atoms with van der Waals surface area (Å²) >= 11 is 7.61. The van der Waals surface area contributed by atoms with Crippen molar-refractivity contribution in [3.05, 3.63) is 70.8 Å². The van der Waals surface area contributed by atoms with Gasteiger partial charge in [0.15, 0.2) is 5.16 Å². The van der Waals surface area contributed by atoms with Crippen LogP contribution in [0.1, 0.15) is 36.4 Å². The van der Waals surface area contributed by atoms with Crippen molar-refractivity contribution in [2.75, 3.05) is 19.3 Å². The molecule has 34 heavy (non-hydrogen) atoms. The smallest absolute Gasteiger partial charge is 0.232 e. The molecule has 0 saturated carbocycles. The Morgan fingerprint density at radius 2 is 2.06 bits per heavy atom. The highest BCUT2D eigenvalue weighted by atomic mass is 35.5. The van der Waals surface area contributed by atoms with Crippen LogP contribution in [0.3, 0.4) is 0 Å². The highest BCUT2D eigenvalue weighted by Crippen LogP contribution is 2.25. The number of aryl methyl sites for hydroxylation is 1. The predicted molar refractivity (Wildman–Crippen MR) is 133 cm³/mol. The number of carbonyl (C=O) groups is 1. The third-order valence-electron chi connectivity index (χ3n) is 6.00. The van der Waals surface area contributed by atoms with E-state index in [2.05, 4.69) is 21.0 Å². The van der Waals surface area contributed by atoms with E-state index in [-0.39, 0.29) is 23.5 Å². The van der Waals surface area contributed by atoms with Crippen LogP contribution in [0.5, 0.6) is 0 Å². The van der Waals surface area contributed by atoms with Crippen molar-refractivity contribution < 1.29 is 9.18 Å². The maximum Gasteiger partial charge on any atom is 0.232 e. The molecule has 3 aromatic rings.